The molecule has 2 aliphatic heterocycles. The van der Waals surface area contributed by atoms with E-state index in [-0.39, 0.29) is 23.7 Å². The molecule has 0 saturated carbocycles. The molecule has 170 valence electrons. The van der Waals surface area contributed by atoms with Crippen LogP contribution in [-0.2, 0) is 6.54 Å². The van der Waals surface area contributed by atoms with Gasteiger partial charge in [0.1, 0.15) is 23.0 Å². The predicted octanol–water partition coefficient (Wildman–Crippen LogP) is 2.72. The quantitative estimate of drug-likeness (QED) is 0.754. The Balaban J connectivity index is 1.69. The van der Waals surface area contributed by atoms with E-state index in [0.717, 1.165) is 6.42 Å². The third kappa shape index (κ3) is 3.63. The third-order valence-electron chi connectivity index (χ3n) is 6.20. The van der Waals surface area contributed by atoms with E-state index in [0.29, 0.717) is 25.1 Å². The van der Waals surface area contributed by atoms with Gasteiger partial charge in [-0.25, -0.2) is 13.2 Å². The first-order valence-electron chi connectivity index (χ1n) is 10.3. The lowest BCUT2D eigenvalue weighted by molar-refractivity contribution is 0.0604. The molecule has 2 N–H and O–H groups in total. The number of amides is 2. The van der Waals surface area contributed by atoms with Crippen LogP contribution in [0.3, 0.4) is 0 Å². The number of hydrogen-bond acceptors (Lipinski definition) is 4. The summed E-state index contributed by atoms with van der Waals surface area (Å²) in [5.41, 5.74) is -2.25. The van der Waals surface area contributed by atoms with E-state index in [1.165, 1.54) is 10.8 Å². The van der Waals surface area contributed by atoms with E-state index in [9.17, 15) is 32.7 Å². The Morgan fingerprint density at radius 3 is 2.47 bits per heavy atom. The number of benzene rings is 1. The van der Waals surface area contributed by atoms with E-state index in [4.69, 9.17) is 0 Å². The van der Waals surface area contributed by atoms with Gasteiger partial charge >= 0.3 is 0 Å². The summed E-state index contributed by atoms with van der Waals surface area (Å²) in [5, 5.41) is 12.7. The summed E-state index contributed by atoms with van der Waals surface area (Å²) in [7, 11) is 0. The molecule has 4 rings (SSSR count). The summed E-state index contributed by atoms with van der Waals surface area (Å²) in [6.45, 7) is 3.71. The molecule has 1 fully saturated rings. The number of halogens is 3. The van der Waals surface area contributed by atoms with Gasteiger partial charge in [-0.15, -0.1) is 0 Å². The Kier molecular flexibility index (Phi) is 5.47. The van der Waals surface area contributed by atoms with Gasteiger partial charge in [0.05, 0.1) is 6.04 Å². The van der Waals surface area contributed by atoms with Crippen molar-refractivity contribution >= 4 is 11.8 Å². The summed E-state index contributed by atoms with van der Waals surface area (Å²) in [6.07, 6.45) is 2.66. The highest BCUT2D eigenvalue weighted by molar-refractivity contribution is 5.99. The van der Waals surface area contributed by atoms with Crippen LogP contribution in [0.2, 0.25) is 0 Å². The number of aromatic nitrogens is 1. The molecular formula is C22H22F3N3O4. The van der Waals surface area contributed by atoms with Gasteiger partial charge in [-0.1, -0.05) is 6.92 Å². The van der Waals surface area contributed by atoms with Gasteiger partial charge in [-0.05, 0) is 25.7 Å². The number of nitrogens with one attached hydrogen (secondary N) is 1. The van der Waals surface area contributed by atoms with Crippen molar-refractivity contribution in [3.63, 3.8) is 0 Å². The predicted molar refractivity (Wildman–Crippen MR) is 108 cm³/mol. The van der Waals surface area contributed by atoms with E-state index >= 15 is 0 Å². The summed E-state index contributed by atoms with van der Waals surface area (Å²) in [6, 6.07) is 0.660. The van der Waals surface area contributed by atoms with Crippen molar-refractivity contribution in [3.8, 4) is 5.75 Å². The minimum absolute atomic E-state index is 0.0609. The number of pyridine rings is 1. The van der Waals surface area contributed by atoms with Crippen LogP contribution < -0.4 is 10.7 Å². The van der Waals surface area contributed by atoms with Crippen LogP contribution >= 0.6 is 0 Å². The van der Waals surface area contributed by atoms with E-state index in [2.05, 4.69) is 5.32 Å². The number of aromatic hydroxyl groups is 1. The Hall–Kier alpha value is -3.30. The van der Waals surface area contributed by atoms with Gasteiger partial charge in [-0.2, -0.15) is 0 Å². The number of carbonyl (C=O) groups is 2. The second-order valence-electron chi connectivity index (χ2n) is 8.54. The summed E-state index contributed by atoms with van der Waals surface area (Å²) >= 11 is 0. The largest absolute Gasteiger partial charge is 0.503 e. The van der Waals surface area contributed by atoms with Crippen LogP contribution in [0.5, 0.6) is 5.75 Å². The fourth-order valence-electron chi connectivity index (χ4n) is 4.66. The maximum atomic E-state index is 13.8. The first-order valence-corrected chi connectivity index (χ1v) is 10.3. The van der Waals surface area contributed by atoms with Gasteiger partial charge < -0.3 is 19.9 Å². The Labute approximate surface area is 181 Å². The monoisotopic (exact) mass is 449 g/mol. The molecule has 1 aromatic carbocycles. The zero-order chi connectivity index (χ0) is 23.3. The van der Waals surface area contributed by atoms with Gasteiger partial charge in [0.25, 0.3) is 11.8 Å². The molecule has 3 atom stereocenters. The summed E-state index contributed by atoms with van der Waals surface area (Å²) in [4.78, 5) is 39.9. The van der Waals surface area contributed by atoms with Gasteiger partial charge in [0, 0.05) is 43.0 Å². The van der Waals surface area contributed by atoms with Gasteiger partial charge in [0.2, 0.25) is 5.43 Å². The molecule has 0 aliphatic carbocycles. The molecule has 1 saturated heterocycles. The van der Waals surface area contributed by atoms with Crippen LogP contribution in [-0.4, -0.2) is 39.0 Å². The van der Waals surface area contributed by atoms with Gasteiger partial charge in [0.15, 0.2) is 11.4 Å². The zero-order valence-corrected chi connectivity index (χ0v) is 17.5. The highest BCUT2D eigenvalue weighted by Gasteiger charge is 2.40. The van der Waals surface area contributed by atoms with Crippen molar-refractivity contribution in [2.75, 3.05) is 6.54 Å². The fourth-order valence-corrected chi connectivity index (χ4v) is 4.66. The van der Waals surface area contributed by atoms with Crippen LogP contribution in [0.15, 0.2) is 23.1 Å². The van der Waals surface area contributed by atoms with Crippen LogP contribution in [0, 0.1) is 23.4 Å². The van der Waals surface area contributed by atoms with Crippen LogP contribution in [0.1, 0.15) is 59.1 Å². The lowest BCUT2D eigenvalue weighted by Crippen LogP contribution is -2.47. The third-order valence-corrected chi connectivity index (χ3v) is 6.20. The lowest BCUT2D eigenvalue weighted by Gasteiger charge is -2.37. The van der Waals surface area contributed by atoms with Crippen molar-refractivity contribution in [3.05, 3.63) is 62.8 Å². The van der Waals surface area contributed by atoms with Crippen LogP contribution in [0.25, 0.3) is 0 Å². The molecule has 0 radical (unpaired) electrons. The maximum absolute atomic E-state index is 13.8. The second kappa shape index (κ2) is 7.99. The lowest BCUT2D eigenvalue weighted by atomic mass is 9.97. The van der Waals surface area contributed by atoms with Crippen molar-refractivity contribution in [2.45, 2.75) is 45.3 Å². The number of hydrogen-bond donors (Lipinski definition) is 2. The minimum Gasteiger partial charge on any atom is -0.503 e. The average Bonchev–Trinajstić information content (AvgIpc) is 2.83. The molecule has 2 bridgehead atoms. The first-order chi connectivity index (χ1) is 15.1. The van der Waals surface area contributed by atoms with Crippen molar-refractivity contribution in [1.82, 2.24) is 14.8 Å². The second-order valence-corrected chi connectivity index (χ2v) is 8.54. The Bertz CT molecular complexity index is 1160. The molecule has 2 amide bonds. The van der Waals surface area contributed by atoms with E-state index in [1.54, 1.807) is 4.90 Å². The molecule has 0 spiro atoms. The molecule has 2 aliphatic rings. The molecule has 7 nitrogen and oxygen atoms in total. The Morgan fingerprint density at radius 2 is 1.81 bits per heavy atom. The van der Waals surface area contributed by atoms with Crippen molar-refractivity contribution < 1.29 is 27.9 Å². The van der Waals surface area contributed by atoms with Crippen LogP contribution in [0.4, 0.5) is 13.2 Å². The topological polar surface area (TPSA) is 91.6 Å². The molecular weight excluding hydrogens is 427 g/mol. The first kappa shape index (κ1) is 21.9. The molecule has 2 aromatic rings. The number of rotatable bonds is 3. The smallest absolute Gasteiger partial charge is 0.274 e. The standard InChI is InChI=1S/C22H22F3N3O4/c1-10-3-11(2)27-8-13(4-10)28-9-15(19(29)20(30)18(28)22(27)32)21(31)26-7-14-16(24)5-12(23)6-17(14)25/h5-6,9-11,13,30H,3-4,7-8H2,1-2H3,(H,26,31). The van der Waals surface area contributed by atoms with Crippen molar-refractivity contribution in [2.24, 2.45) is 5.92 Å². The Morgan fingerprint density at radius 1 is 1.16 bits per heavy atom. The molecule has 3 heterocycles. The SMILES string of the molecule is CC1CC(C)N2CC(C1)n1cc(C(=O)NCc3c(F)cc(F)cc3F)c(=O)c(O)c1C2=O. The maximum Gasteiger partial charge on any atom is 0.274 e. The number of nitrogens with zero attached hydrogens (tertiary/aromatic N) is 2. The number of fused-ring (bicyclic) bond motifs is 4. The van der Waals surface area contributed by atoms with Crippen molar-refractivity contribution in [1.29, 1.82) is 0 Å². The molecule has 32 heavy (non-hydrogen) atoms. The molecule has 10 heteroatoms. The van der Waals surface area contributed by atoms with E-state index in [1.807, 2.05) is 13.8 Å². The summed E-state index contributed by atoms with van der Waals surface area (Å²) < 4.78 is 42.2. The molecule has 1 aromatic heterocycles. The zero-order valence-electron chi connectivity index (χ0n) is 17.5. The summed E-state index contributed by atoms with van der Waals surface area (Å²) in [5.74, 6) is -5.49. The minimum atomic E-state index is -1.18. The highest BCUT2D eigenvalue weighted by Crippen LogP contribution is 2.36. The van der Waals surface area contributed by atoms with E-state index < -0.39 is 58.1 Å². The van der Waals surface area contributed by atoms with Gasteiger partial charge in [-0.3, -0.25) is 14.4 Å². The number of carbonyl (C=O) groups excluding carboxylic acids is 2. The highest BCUT2D eigenvalue weighted by atomic mass is 19.1. The fraction of sp³-hybridized carbons (Fsp3) is 0.409. The normalized spacial score (nSPS) is 22.3. The molecule has 3 unspecified atom stereocenters. The average molecular weight is 449 g/mol.